The van der Waals surface area contributed by atoms with E-state index < -0.39 is 0 Å². The zero-order chi connectivity index (χ0) is 20.8. The fraction of sp³-hybridized carbons (Fsp3) is 0.348. The Labute approximate surface area is 171 Å². The maximum Gasteiger partial charge on any atom is 0.242 e. The predicted octanol–water partition coefficient (Wildman–Crippen LogP) is 3.92. The molecular formula is C23H27N3O3. The molecule has 29 heavy (non-hydrogen) atoms. The van der Waals surface area contributed by atoms with Crippen LogP contribution in [-0.2, 0) is 11.3 Å². The van der Waals surface area contributed by atoms with E-state index in [1.807, 2.05) is 35.2 Å². The van der Waals surface area contributed by atoms with Crippen LogP contribution in [0, 0.1) is 0 Å². The quantitative estimate of drug-likeness (QED) is 0.517. The molecule has 0 saturated carbocycles. The lowest BCUT2D eigenvalue weighted by Gasteiger charge is -2.22. The Balaban J connectivity index is 2.06. The van der Waals surface area contributed by atoms with E-state index >= 15 is 0 Å². The first-order valence-corrected chi connectivity index (χ1v) is 10.0. The van der Waals surface area contributed by atoms with Crippen LogP contribution < -0.4 is 4.74 Å². The highest BCUT2D eigenvalue weighted by atomic mass is 16.5. The number of hydrogen-bond acceptors (Lipinski definition) is 4. The summed E-state index contributed by atoms with van der Waals surface area (Å²) in [4.78, 5) is 32.6. The molecule has 0 aliphatic heterocycles. The first kappa shape index (κ1) is 20.6. The Bertz CT molecular complexity index is 989. The molecule has 1 amide bonds. The molecule has 152 valence electrons. The number of carbonyl (C=O) groups excluding carboxylic acids is 2. The van der Waals surface area contributed by atoms with E-state index in [9.17, 15) is 9.59 Å². The molecule has 1 heterocycles. The van der Waals surface area contributed by atoms with Crippen molar-refractivity contribution in [3.63, 3.8) is 0 Å². The van der Waals surface area contributed by atoms with Crippen LogP contribution in [0.25, 0.3) is 11.0 Å². The molecule has 6 nitrogen and oxygen atoms in total. The van der Waals surface area contributed by atoms with Gasteiger partial charge in [0.05, 0.1) is 18.1 Å². The van der Waals surface area contributed by atoms with Gasteiger partial charge in [0.1, 0.15) is 12.3 Å². The summed E-state index contributed by atoms with van der Waals surface area (Å²) in [6, 6.07) is 14.5. The number of carbonyl (C=O) groups is 2. The molecular weight excluding hydrogens is 366 g/mol. The number of rotatable bonds is 9. The third kappa shape index (κ3) is 4.47. The summed E-state index contributed by atoms with van der Waals surface area (Å²) in [5.74, 6) is 0.702. The Morgan fingerprint density at radius 2 is 1.72 bits per heavy atom. The molecule has 0 aliphatic carbocycles. The maximum absolute atomic E-state index is 13.2. The van der Waals surface area contributed by atoms with Crippen LogP contribution in [0.1, 0.15) is 42.9 Å². The van der Waals surface area contributed by atoms with E-state index in [-0.39, 0.29) is 24.1 Å². The number of amides is 1. The number of methoxy groups -OCH3 is 1. The van der Waals surface area contributed by atoms with Crippen molar-refractivity contribution < 1.29 is 14.3 Å². The van der Waals surface area contributed by atoms with Crippen LogP contribution in [0.2, 0.25) is 0 Å². The molecule has 0 N–H and O–H groups in total. The van der Waals surface area contributed by atoms with E-state index in [4.69, 9.17) is 4.74 Å². The van der Waals surface area contributed by atoms with Gasteiger partial charge in [-0.15, -0.1) is 0 Å². The van der Waals surface area contributed by atoms with Crippen molar-refractivity contribution in [1.29, 1.82) is 0 Å². The van der Waals surface area contributed by atoms with Crippen molar-refractivity contribution >= 4 is 22.7 Å². The number of ether oxygens (including phenoxy) is 1. The summed E-state index contributed by atoms with van der Waals surface area (Å²) in [5, 5.41) is 0. The normalized spacial score (nSPS) is 10.9. The minimum absolute atomic E-state index is 0.0158. The van der Waals surface area contributed by atoms with Crippen LogP contribution in [0.4, 0.5) is 0 Å². The molecule has 6 heteroatoms. The Hall–Kier alpha value is -3.15. The van der Waals surface area contributed by atoms with Crippen LogP contribution in [0.5, 0.6) is 5.75 Å². The number of ketones is 1. The highest BCUT2D eigenvalue weighted by molar-refractivity contribution is 6.08. The lowest BCUT2D eigenvalue weighted by atomic mass is 10.1. The fourth-order valence-electron chi connectivity index (χ4n) is 3.42. The summed E-state index contributed by atoms with van der Waals surface area (Å²) >= 11 is 0. The van der Waals surface area contributed by atoms with Crippen molar-refractivity contribution in [2.45, 2.75) is 33.2 Å². The van der Waals surface area contributed by atoms with Crippen molar-refractivity contribution in [3.05, 3.63) is 59.9 Å². The SMILES string of the molecule is CCCN(CCC)C(=O)Cn1c(C(=O)c2ccccc2)nc2ccc(OC)cc21. The van der Waals surface area contributed by atoms with Gasteiger partial charge in [0.25, 0.3) is 0 Å². The number of nitrogens with zero attached hydrogens (tertiary/aromatic N) is 3. The second-order valence-corrected chi connectivity index (χ2v) is 6.95. The summed E-state index contributed by atoms with van der Waals surface area (Å²) in [6.45, 7) is 5.57. The monoisotopic (exact) mass is 393 g/mol. The second-order valence-electron chi connectivity index (χ2n) is 6.95. The average molecular weight is 393 g/mol. The van der Waals surface area contributed by atoms with E-state index in [0.717, 1.165) is 12.8 Å². The van der Waals surface area contributed by atoms with Crippen LogP contribution in [0.15, 0.2) is 48.5 Å². The van der Waals surface area contributed by atoms with Crippen molar-refractivity contribution in [3.8, 4) is 5.75 Å². The van der Waals surface area contributed by atoms with E-state index in [2.05, 4.69) is 18.8 Å². The zero-order valence-corrected chi connectivity index (χ0v) is 17.2. The van der Waals surface area contributed by atoms with Gasteiger partial charge in [0.2, 0.25) is 11.7 Å². The highest BCUT2D eigenvalue weighted by Gasteiger charge is 2.23. The number of hydrogen-bond donors (Lipinski definition) is 0. The molecule has 0 aliphatic rings. The lowest BCUT2D eigenvalue weighted by molar-refractivity contribution is -0.131. The third-order valence-corrected chi connectivity index (χ3v) is 4.83. The Morgan fingerprint density at radius 1 is 1.03 bits per heavy atom. The number of benzene rings is 2. The van der Waals surface area contributed by atoms with Crippen LogP contribution in [-0.4, -0.2) is 46.3 Å². The van der Waals surface area contributed by atoms with Crippen LogP contribution in [0.3, 0.4) is 0 Å². The summed E-state index contributed by atoms with van der Waals surface area (Å²) in [6.07, 6.45) is 1.78. The molecule has 0 bridgehead atoms. The number of imidazole rings is 1. The molecule has 3 aromatic rings. The van der Waals surface area contributed by atoms with Crippen LogP contribution >= 0.6 is 0 Å². The average Bonchev–Trinajstić information content (AvgIpc) is 3.11. The van der Waals surface area contributed by atoms with Gasteiger partial charge in [-0.2, -0.15) is 0 Å². The maximum atomic E-state index is 13.2. The zero-order valence-electron chi connectivity index (χ0n) is 17.2. The van der Waals surface area contributed by atoms with Gasteiger partial charge in [-0.25, -0.2) is 4.98 Å². The summed E-state index contributed by atoms with van der Waals surface area (Å²) < 4.78 is 7.06. The molecule has 3 rings (SSSR count). The molecule has 0 unspecified atom stereocenters. The topological polar surface area (TPSA) is 64.4 Å². The highest BCUT2D eigenvalue weighted by Crippen LogP contribution is 2.24. The summed E-state index contributed by atoms with van der Waals surface area (Å²) in [7, 11) is 1.59. The third-order valence-electron chi connectivity index (χ3n) is 4.83. The summed E-state index contributed by atoms with van der Waals surface area (Å²) in [5.41, 5.74) is 1.92. The van der Waals surface area contributed by atoms with Gasteiger partial charge < -0.3 is 14.2 Å². The van der Waals surface area contributed by atoms with Gasteiger partial charge >= 0.3 is 0 Å². The number of fused-ring (bicyclic) bond motifs is 1. The van der Waals surface area contributed by atoms with Crippen molar-refractivity contribution in [1.82, 2.24) is 14.5 Å². The molecule has 0 saturated heterocycles. The second kappa shape index (κ2) is 9.37. The van der Waals surface area contributed by atoms with E-state index in [1.165, 1.54) is 0 Å². The van der Waals surface area contributed by atoms with Crippen molar-refractivity contribution in [2.24, 2.45) is 0 Å². The minimum Gasteiger partial charge on any atom is -0.497 e. The molecule has 0 spiro atoms. The van der Waals surface area contributed by atoms with Crippen molar-refractivity contribution in [2.75, 3.05) is 20.2 Å². The molecule has 0 fully saturated rings. The first-order chi connectivity index (χ1) is 14.1. The van der Waals surface area contributed by atoms with E-state index in [0.29, 0.717) is 35.4 Å². The molecule has 0 atom stereocenters. The van der Waals surface area contributed by atoms with E-state index in [1.54, 1.807) is 29.9 Å². The lowest BCUT2D eigenvalue weighted by Crippen LogP contribution is -2.35. The standard InChI is InChI=1S/C23H27N3O3/c1-4-13-25(14-5-2)21(27)16-26-20-15-18(29-3)11-12-19(20)24-23(26)22(28)17-9-7-6-8-10-17/h6-12,15H,4-5,13-14,16H2,1-3H3. The van der Waals surface area contributed by atoms with Gasteiger partial charge in [-0.3, -0.25) is 9.59 Å². The minimum atomic E-state index is -0.203. The molecule has 1 aromatic heterocycles. The smallest absolute Gasteiger partial charge is 0.242 e. The van der Waals surface area contributed by atoms with Gasteiger partial charge in [-0.1, -0.05) is 44.2 Å². The predicted molar refractivity (Wildman–Crippen MR) is 113 cm³/mol. The largest absolute Gasteiger partial charge is 0.497 e. The van der Waals surface area contributed by atoms with Gasteiger partial charge in [0.15, 0.2) is 5.82 Å². The van der Waals surface area contributed by atoms with Gasteiger partial charge in [0, 0.05) is 24.7 Å². The molecule has 2 aromatic carbocycles. The fourth-order valence-corrected chi connectivity index (χ4v) is 3.42. The Kier molecular flexibility index (Phi) is 6.65. The Morgan fingerprint density at radius 3 is 2.34 bits per heavy atom. The number of aromatic nitrogens is 2. The van der Waals surface area contributed by atoms with Gasteiger partial charge in [-0.05, 0) is 25.0 Å². The first-order valence-electron chi connectivity index (χ1n) is 10.0. The molecule has 0 radical (unpaired) electrons.